The minimum atomic E-state index is 0.0514. The molecule has 0 amide bonds. The lowest BCUT2D eigenvalue weighted by Crippen LogP contribution is -2.31. The molecule has 0 bridgehead atoms. The maximum absolute atomic E-state index is 5.71. The molecule has 140 valence electrons. The molecule has 1 aliphatic rings. The first-order valence-corrected chi connectivity index (χ1v) is 10.8. The molecule has 0 aromatic heterocycles. The van der Waals surface area contributed by atoms with Crippen LogP contribution >= 0.6 is 44.1 Å². The summed E-state index contributed by atoms with van der Waals surface area (Å²) in [6, 6.07) is 26.6. The number of hydrogen-bond acceptors (Lipinski definition) is 2. The number of benzene rings is 3. The molecular formula is C22H17Br2N3S. The molecule has 3 aromatic rings. The number of rotatable bonds is 3. The average Bonchev–Trinajstić information content (AvgIpc) is 3.15. The molecule has 3 aromatic carbocycles. The fourth-order valence-electron chi connectivity index (χ4n) is 3.16. The SMILES string of the molecule is S=C(Nc1ccccc1)N1N=C(c2ccc(Br)cc2)C[C@@H]1c1ccc(Br)cc1. The van der Waals surface area contributed by atoms with E-state index in [1.54, 1.807) is 0 Å². The average molecular weight is 515 g/mol. The second-order valence-electron chi connectivity index (χ2n) is 6.47. The Morgan fingerprint density at radius 3 is 2.14 bits per heavy atom. The fourth-order valence-corrected chi connectivity index (χ4v) is 3.98. The van der Waals surface area contributed by atoms with E-state index < -0.39 is 0 Å². The van der Waals surface area contributed by atoms with E-state index in [-0.39, 0.29) is 6.04 Å². The summed E-state index contributed by atoms with van der Waals surface area (Å²) < 4.78 is 2.11. The molecule has 6 heteroatoms. The zero-order chi connectivity index (χ0) is 19.5. The highest BCUT2D eigenvalue weighted by Crippen LogP contribution is 2.34. The third-order valence-corrected chi connectivity index (χ3v) is 5.92. The summed E-state index contributed by atoms with van der Waals surface area (Å²) in [5, 5.41) is 10.7. The van der Waals surface area contributed by atoms with Gasteiger partial charge in [0, 0.05) is 21.1 Å². The second-order valence-corrected chi connectivity index (χ2v) is 8.68. The van der Waals surface area contributed by atoms with E-state index in [4.69, 9.17) is 17.3 Å². The van der Waals surface area contributed by atoms with Crippen molar-refractivity contribution in [1.82, 2.24) is 5.01 Å². The van der Waals surface area contributed by atoms with Crippen molar-refractivity contribution in [2.24, 2.45) is 5.10 Å². The molecule has 1 N–H and O–H groups in total. The number of thiocarbonyl (C=S) groups is 1. The van der Waals surface area contributed by atoms with Crippen LogP contribution in [0.3, 0.4) is 0 Å². The van der Waals surface area contributed by atoms with Gasteiger partial charge in [-0.3, -0.25) is 0 Å². The molecule has 0 saturated carbocycles. The summed E-state index contributed by atoms with van der Waals surface area (Å²) in [6.45, 7) is 0. The van der Waals surface area contributed by atoms with Gasteiger partial charge in [0.05, 0.1) is 11.8 Å². The molecule has 1 aliphatic heterocycles. The number of hydrogen-bond donors (Lipinski definition) is 1. The van der Waals surface area contributed by atoms with E-state index >= 15 is 0 Å². The van der Waals surface area contributed by atoms with Crippen molar-refractivity contribution in [2.75, 3.05) is 5.32 Å². The molecule has 1 atom stereocenters. The van der Waals surface area contributed by atoms with Crippen LogP contribution in [0.5, 0.6) is 0 Å². The van der Waals surface area contributed by atoms with Crippen molar-refractivity contribution in [1.29, 1.82) is 0 Å². The first-order valence-electron chi connectivity index (χ1n) is 8.84. The van der Waals surface area contributed by atoms with Gasteiger partial charge < -0.3 is 5.32 Å². The van der Waals surface area contributed by atoms with Crippen molar-refractivity contribution < 1.29 is 0 Å². The lowest BCUT2D eigenvalue weighted by Gasteiger charge is -2.25. The number of para-hydroxylation sites is 1. The summed E-state index contributed by atoms with van der Waals surface area (Å²) in [4.78, 5) is 0. The zero-order valence-corrected chi connectivity index (χ0v) is 18.8. The van der Waals surface area contributed by atoms with Gasteiger partial charge in [-0.25, -0.2) is 5.01 Å². The summed E-state index contributed by atoms with van der Waals surface area (Å²) in [6.07, 6.45) is 0.792. The molecule has 0 fully saturated rings. The number of hydrazone groups is 1. The van der Waals surface area contributed by atoms with E-state index in [2.05, 4.69) is 73.6 Å². The zero-order valence-electron chi connectivity index (χ0n) is 14.8. The number of nitrogens with zero attached hydrogens (tertiary/aromatic N) is 2. The Bertz CT molecular complexity index is 1000. The quantitative estimate of drug-likeness (QED) is 0.391. The standard InChI is InChI=1S/C22H17Br2N3S/c23-17-10-6-15(7-11-17)20-14-21(16-8-12-18(24)13-9-16)27(26-20)22(28)25-19-4-2-1-3-5-19/h1-13,21H,14H2,(H,25,28)/t21-/m1/s1. The maximum atomic E-state index is 5.71. The van der Waals surface area contributed by atoms with Crippen molar-refractivity contribution in [3.8, 4) is 0 Å². The highest BCUT2D eigenvalue weighted by molar-refractivity contribution is 9.10. The predicted molar refractivity (Wildman–Crippen MR) is 127 cm³/mol. The number of halogens is 2. The van der Waals surface area contributed by atoms with Crippen LogP contribution in [0.25, 0.3) is 0 Å². The number of nitrogens with one attached hydrogen (secondary N) is 1. The smallest absolute Gasteiger partial charge is 0.194 e. The van der Waals surface area contributed by atoms with Gasteiger partial charge in [0.2, 0.25) is 0 Å². The molecule has 1 heterocycles. The Labute approximate surface area is 186 Å². The molecule has 0 aliphatic carbocycles. The summed E-state index contributed by atoms with van der Waals surface area (Å²) in [7, 11) is 0. The van der Waals surface area contributed by atoms with Gasteiger partial charge in [-0.15, -0.1) is 0 Å². The molecule has 0 saturated heterocycles. The van der Waals surface area contributed by atoms with E-state index in [0.29, 0.717) is 5.11 Å². The highest BCUT2D eigenvalue weighted by atomic mass is 79.9. The highest BCUT2D eigenvalue weighted by Gasteiger charge is 2.31. The normalized spacial score (nSPS) is 16.0. The predicted octanol–water partition coefficient (Wildman–Crippen LogP) is 6.76. The molecule has 28 heavy (non-hydrogen) atoms. The lowest BCUT2D eigenvalue weighted by molar-refractivity contribution is 0.375. The van der Waals surface area contributed by atoms with Crippen LogP contribution < -0.4 is 5.32 Å². The minimum Gasteiger partial charge on any atom is -0.331 e. The topological polar surface area (TPSA) is 27.6 Å². The van der Waals surface area contributed by atoms with Crippen molar-refractivity contribution in [2.45, 2.75) is 12.5 Å². The largest absolute Gasteiger partial charge is 0.331 e. The Morgan fingerprint density at radius 2 is 1.50 bits per heavy atom. The molecular weight excluding hydrogens is 498 g/mol. The van der Waals surface area contributed by atoms with Gasteiger partial charge in [-0.1, -0.05) is 74.3 Å². The summed E-state index contributed by atoms with van der Waals surface area (Å²) in [5.74, 6) is 0. The van der Waals surface area contributed by atoms with Gasteiger partial charge >= 0.3 is 0 Å². The van der Waals surface area contributed by atoms with Crippen LogP contribution in [0, 0.1) is 0 Å². The van der Waals surface area contributed by atoms with Crippen molar-refractivity contribution in [3.63, 3.8) is 0 Å². The van der Waals surface area contributed by atoms with Crippen molar-refractivity contribution in [3.05, 3.63) is 98.9 Å². The first-order chi connectivity index (χ1) is 13.6. The van der Waals surface area contributed by atoms with Crippen LogP contribution in [0.2, 0.25) is 0 Å². The third-order valence-electron chi connectivity index (χ3n) is 4.58. The van der Waals surface area contributed by atoms with E-state index in [0.717, 1.165) is 32.3 Å². The van der Waals surface area contributed by atoms with Crippen LogP contribution in [-0.4, -0.2) is 15.8 Å². The van der Waals surface area contributed by atoms with Crippen LogP contribution in [0.4, 0.5) is 5.69 Å². The second kappa shape index (κ2) is 8.55. The minimum absolute atomic E-state index is 0.0514. The third kappa shape index (κ3) is 4.35. The van der Waals surface area contributed by atoms with Gasteiger partial charge in [0.15, 0.2) is 5.11 Å². The Kier molecular flexibility index (Phi) is 5.90. The maximum Gasteiger partial charge on any atom is 0.194 e. The van der Waals surface area contributed by atoms with Gasteiger partial charge in [0.1, 0.15) is 0 Å². The van der Waals surface area contributed by atoms with Crippen molar-refractivity contribution >= 4 is 60.6 Å². The Hall–Kier alpha value is -2.02. The van der Waals surface area contributed by atoms with Gasteiger partial charge in [-0.05, 0) is 59.7 Å². The van der Waals surface area contributed by atoms with Crippen LogP contribution in [-0.2, 0) is 0 Å². The Balaban J connectivity index is 1.65. The molecule has 0 spiro atoms. The molecule has 0 radical (unpaired) electrons. The van der Waals surface area contributed by atoms with Crippen LogP contribution in [0.15, 0.2) is 92.9 Å². The molecule has 4 rings (SSSR count). The van der Waals surface area contributed by atoms with Crippen LogP contribution in [0.1, 0.15) is 23.6 Å². The molecule has 3 nitrogen and oxygen atoms in total. The lowest BCUT2D eigenvalue weighted by atomic mass is 9.99. The van der Waals surface area contributed by atoms with Gasteiger partial charge in [0.25, 0.3) is 0 Å². The summed E-state index contributed by atoms with van der Waals surface area (Å²) >= 11 is 12.7. The summed E-state index contributed by atoms with van der Waals surface area (Å²) in [5.41, 5.74) is 4.26. The van der Waals surface area contributed by atoms with E-state index in [1.165, 1.54) is 5.56 Å². The Morgan fingerprint density at radius 1 is 0.893 bits per heavy atom. The molecule has 0 unspecified atom stereocenters. The van der Waals surface area contributed by atoms with E-state index in [9.17, 15) is 0 Å². The number of anilines is 1. The van der Waals surface area contributed by atoms with Gasteiger partial charge in [-0.2, -0.15) is 5.10 Å². The van der Waals surface area contributed by atoms with E-state index in [1.807, 2.05) is 47.5 Å². The fraction of sp³-hybridized carbons (Fsp3) is 0.0909. The first kappa shape index (κ1) is 19.3. The monoisotopic (exact) mass is 513 g/mol.